The highest BCUT2D eigenvalue weighted by Crippen LogP contribution is 2.21. The fourth-order valence-electron chi connectivity index (χ4n) is 3.35. The van der Waals surface area contributed by atoms with E-state index in [0.29, 0.717) is 18.5 Å². The van der Waals surface area contributed by atoms with Crippen molar-refractivity contribution in [3.05, 3.63) is 47.0 Å². The van der Waals surface area contributed by atoms with Crippen LogP contribution in [0.1, 0.15) is 34.0 Å². The number of carbonyl (C=O) groups is 2. The van der Waals surface area contributed by atoms with E-state index < -0.39 is 12.1 Å². The number of rotatable bonds is 2. The molecule has 2 atom stereocenters. The molecule has 1 amide bonds. The summed E-state index contributed by atoms with van der Waals surface area (Å²) in [5.74, 6) is 1.13. The predicted octanol–water partition coefficient (Wildman–Crippen LogP) is 0.799. The van der Waals surface area contributed by atoms with Crippen LogP contribution < -0.4 is 5.32 Å². The number of aromatic nitrogens is 3. The molecule has 0 saturated carbocycles. The van der Waals surface area contributed by atoms with Crippen LogP contribution in [0.5, 0.6) is 0 Å². The van der Waals surface area contributed by atoms with E-state index in [2.05, 4.69) is 15.5 Å². The SMILES string of the molecule is Cc1nnc2n1C[C@@H](NC(=O)[C@@H]1Cc3ccccc3C(=O)O1)CC2. The van der Waals surface area contributed by atoms with Crippen molar-refractivity contribution in [3.8, 4) is 0 Å². The van der Waals surface area contributed by atoms with Crippen LogP contribution in [0.2, 0.25) is 0 Å². The minimum atomic E-state index is -0.768. The Balaban J connectivity index is 1.44. The summed E-state index contributed by atoms with van der Waals surface area (Å²) >= 11 is 0. The summed E-state index contributed by atoms with van der Waals surface area (Å²) in [5, 5.41) is 11.2. The number of fused-ring (bicyclic) bond motifs is 2. The molecular weight excluding hydrogens is 308 g/mol. The number of hydrogen-bond donors (Lipinski definition) is 1. The lowest BCUT2D eigenvalue weighted by atomic mass is 9.98. The zero-order valence-electron chi connectivity index (χ0n) is 13.4. The minimum Gasteiger partial charge on any atom is -0.448 e. The number of amides is 1. The average molecular weight is 326 g/mol. The van der Waals surface area contributed by atoms with Crippen LogP contribution in [-0.4, -0.2) is 38.8 Å². The first-order valence-electron chi connectivity index (χ1n) is 8.10. The zero-order valence-corrected chi connectivity index (χ0v) is 13.4. The first kappa shape index (κ1) is 14.9. The van der Waals surface area contributed by atoms with E-state index in [1.165, 1.54) is 0 Å². The molecule has 0 aliphatic carbocycles. The maximum Gasteiger partial charge on any atom is 0.339 e. The topological polar surface area (TPSA) is 86.1 Å². The van der Waals surface area contributed by atoms with Crippen LogP contribution in [-0.2, 0) is 28.9 Å². The molecule has 7 nitrogen and oxygen atoms in total. The van der Waals surface area contributed by atoms with Crippen LogP contribution in [0.3, 0.4) is 0 Å². The predicted molar refractivity (Wildman–Crippen MR) is 84.4 cm³/mol. The Morgan fingerprint density at radius 3 is 3.04 bits per heavy atom. The summed E-state index contributed by atoms with van der Waals surface area (Å²) < 4.78 is 7.34. The van der Waals surface area contributed by atoms with Gasteiger partial charge in [0.25, 0.3) is 5.91 Å². The molecule has 0 bridgehead atoms. The van der Waals surface area contributed by atoms with Crippen molar-refractivity contribution in [2.45, 2.75) is 44.9 Å². The van der Waals surface area contributed by atoms with Crippen molar-refractivity contribution in [2.75, 3.05) is 0 Å². The summed E-state index contributed by atoms with van der Waals surface area (Å²) in [6, 6.07) is 7.24. The van der Waals surface area contributed by atoms with Gasteiger partial charge in [-0.25, -0.2) is 4.79 Å². The summed E-state index contributed by atoms with van der Waals surface area (Å²) in [7, 11) is 0. The normalized spacial score (nSPS) is 22.3. The Labute approximate surface area is 139 Å². The minimum absolute atomic E-state index is 0.00410. The molecule has 2 aliphatic rings. The number of aryl methyl sites for hydroxylation is 2. The number of esters is 1. The van der Waals surface area contributed by atoms with Crippen LogP contribution in [0.25, 0.3) is 0 Å². The van der Waals surface area contributed by atoms with E-state index in [0.717, 1.165) is 30.1 Å². The Morgan fingerprint density at radius 2 is 2.17 bits per heavy atom. The number of benzene rings is 1. The third-order valence-electron chi connectivity index (χ3n) is 4.66. The summed E-state index contributed by atoms with van der Waals surface area (Å²) in [4.78, 5) is 24.6. The highest BCUT2D eigenvalue weighted by atomic mass is 16.5. The lowest BCUT2D eigenvalue weighted by Gasteiger charge is -2.28. The van der Waals surface area contributed by atoms with Gasteiger partial charge in [0.1, 0.15) is 11.6 Å². The molecule has 124 valence electrons. The maximum atomic E-state index is 12.5. The van der Waals surface area contributed by atoms with Gasteiger partial charge in [0.05, 0.1) is 5.56 Å². The van der Waals surface area contributed by atoms with Gasteiger partial charge in [-0.05, 0) is 25.0 Å². The third kappa shape index (κ3) is 2.55. The van der Waals surface area contributed by atoms with E-state index in [1.807, 2.05) is 23.6 Å². The number of hydrogen-bond acceptors (Lipinski definition) is 5. The highest BCUT2D eigenvalue weighted by molar-refractivity contribution is 5.95. The lowest BCUT2D eigenvalue weighted by molar-refractivity contribution is -0.131. The van der Waals surface area contributed by atoms with E-state index in [9.17, 15) is 9.59 Å². The molecule has 2 aliphatic heterocycles. The molecule has 3 heterocycles. The molecule has 24 heavy (non-hydrogen) atoms. The highest BCUT2D eigenvalue weighted by Gasteiger charge is 2.33. The zero-order chi connectivity index (χ0) is 16.7. The first-order valence-corrected chi connectivity index (χ1v) is 8.10. The molecule has 0 unspecified atom stereocenters. The van der Waals surface area contributed by atoms with Crippen molar-refractivity contribution in [3.63, 3.8) is 0 Å². The summed E-state index contributed by atoms with van der Waals surface area (Å²) in [6.45, 7) is 2.55. The van der Waals surface area contributed by atoms with Gasteiger partial charge in [0, 0.05) is 25.4 Å². The van der Waals surface area contributed by atoms with E-state index in [1.54, 1.807) is 12.1 Å². The van der Waals surface area contributed by atoms with E-state index in [-0.39, 0.29) is 11.9 Å². The Bertz CT molecular complexity index is 814. The van der Waals surface area contributed by atoms with Gasteiger partial charge in [-0.15, -0.1) is 10.2 Å². The fourth-order valence-corrected chi connectivity index (χ4v) is 3.35. The molecule has 1 aromatic carbocycles. The second-order valence-corrected chi connectivity index (χ2v) is 6.27. The molecule has 1 N–H and O–H groups in total. The summed E-state index contributed by atoms with van der Waals surface area (Å²) in [5.41, 5.74) is 1.40. The smallest absolute Gasteiger partial charge is 0.339 e. The van der Waals surface area contributed by atoms with Crippen LogP contribution in [0.15, 0.2) is 24.3 Å². The Kier molecular flexibility index (Phi) is 3.55. The van der Waals surface area contributed by atoms with Crippen molar-refractivity contribution in [2.24, 2.45) is 0 Å². The number of nitrogens with one attached hydrogen (secondary N) is 1. The van der Waals surface area contributed by atoms with Gasteiger partial charge in [0.15, 0.2) is 6.10 Å². The second-order valence-electron chi connectivity index (χ2n) is 6.27. The largest absolute Gasteiger partial charge is 0.448 e. The van der Waals surface area contributed by atoms with Crippen molar-refractivity contribution in [1.82, 2.24) is 20.1 Å². The van der Waals surface area contributed by atoms with E-state index >= 15 is 0 Å². The van der Waals surface area contributed by atoms with Crippen LogP contribution >= 0.6 is 0 Å². The molecule has 0 radical (unpaired) electrons. The molecule has 0 fully saturated rings. The maximum absolute atomic E-state index is 12.5. The van der Waals surface area contributed by atoms with E-state index in [4.69, 9.17) is 4.74 Å². The lowest BCUT2D eigenvalue weighted by Crippen LogP contribution is -2.48. The quantitative estimate of drug-likeness (QED) is 0.825. The molecular formula is C17H18N4O3. The first-order chi connectivity index (χ1) is 11.6. The number of ether oxygens (including phenoxy) is 1. The van der Waals surface area contributed by atoms with Gasteiger partial charge in [-0.1, -0.05) is 18.2 Å². The Hall–Kier alpha value is -2.70. The van der Waals surface area contributed by atoms with Gasteiger partial charge in [-0.2, -0.15) is 0 Å². The van der Waals surface area contributed by atoms with Gasteiger partial charge in [0.2, 0.25) is 0 Å². The van der Waals surface area contributed by atoms with Gasteiger partial charge >= 0.3 is 5.97 Å². The van der Waals surface area contributed by atoms with Crippen molar-refractivity contribution >= 4 is 11.9 Å². The van der Waals surface area contributed by atoms with Crippen LogP contribution in [0, 0.1) is 6.92 Å². The van der Waals surface area contributed by atoms with Crippen molar-refractivity contribution < 1.29 is 14.3 Å². The molecule has 1 aromatic heterocycles. The monoisotopic (exact) mass is 326 g/mol. The Morgan fingerprint density at radius 1 is 1.33 bits per heavy atom. The van der Waals surface area contributed by atoms with Gasteiger partial charge in [-0.3, -0.25) is 4.79 Å². The van der Waals surface area contributed by atoms with Crippen molar-refractivity contribution in [1.29, 1.82) is 0 Å². The standard InChI is InChI=1S/C17H18N4O3/c1-10-19-20-15-7-6-12(9-21(10)15)18-16(22)14-8-11-4-2-3-5-13(11)17(23)24-14/h2-5,12,14H,6-9H2,1H3,(H,18,22)/t12-,14-/m0/s1. The molecule has 2 aromatic rings. The molecule has 0 saturated heterocycles. The summed E-state index contributed by atoms with van der Waals surface area (Å²) in [6.07, 6.45) is 1.23. The average Bonchev–Trinajstić information content (AvgIpc) is 2.96. The second kappa shape index (κ2) is 5.74. The van der Waals surface area contributed by atoms with Crippen LogP contribution in [0.4, 0.5) is 0 Å². The molecule has 7 heteroatoms. The number of carbonyl (C=O) groups excluding carboxylic acids is 2. The third-order valence-corrected chi connectivity index (χ3v) is 4.66. The fraction of sp³-hybridized carbons (Fsp3) is 0.412. The number of cyclic esters (lactones) is 1. The molecule has 0 spiro atoms. The number of nitrogens with zero attached hydrogens (tertiary/aromatic N) is 3. The van der Waals surface area contributed by atoms with Gasteiger partial charge < -0.3 is 14.6 Å². The molecule has 4 rings (SSSR count).